The molecule has 8 nitrogen and oxygen atoms in total. The van der Waals surface area contributed by atoms with Crippen LogP contribution in [0.1, 0.15) is 20.3 Å². The number of allylic oxidation sites excluding steroid dienone is 2. The highest BCUT2D eigenvalue weighted by atomic mass is 16.6. The number of non-ortho nitro benzene ring substituents is 1. The number of nitrogens with one attached hydrogen (secondary N) is 1. The van der Waals surface area contributed by atoms with E-state index < -0.39 is 15.5 Å². The van der Waals surface area contributed by atoms with Gasteiger partial charge in [0, 0.05) is 12.3 Å². The van der Waals surface area contributed by atoms with Crippen LogP contribution in [0.5, 0.6) is 0 Å². The summed E-state index contributed by atoms with van der Waals surface area (Å²) in [6.45, 7) is 3.82. The van der Waals surface area contributed by atoms with E-state index >= 15 is 0 Å². The monoisotopic (exact) mass is 278 g/mol. The van der Waals surface area contributed by atoms with E-state index in [9.17, 15) is 20.2 Å². The molecule has 0 aliphatic heterocycles. The Hall–Kier alpha value is -2.77. The van der Waals surface area contributed by atoms with Gasteiger partial charge in [0.25, 0.3) is 5.69 Å². The van der Waals surface area contributed by atoms with E-state index in [1.54, 1.807) is 0 Å². The van der Waals surface area contributed by atoms with E-state index in [1.165, 1.54) is 18.3 Å². The van der Waals surface area contributed by atoms with Gasteiger partial charge in [-0.05, 0) is 25.0 Å². The second-order valence-corrected chi connectivity index (χ2v) is 3.94. The number of nitro groups is 2. The normalized spacial score (nSPS) is 11.6. The number of anilines is 1. The van der Waals surface area contributed by atoms with Crippen molar-refractivity contribution in [3.05, 3.63) is 50.1 Å². The van der Waals surface area contributed by atoms with Gasteiger partial charge in [-0.2, -0.15) is 5.10 Å². The first-order valence-electron chi connectivity index (χ1n) is 5.84. The summed E-state index contributed by atoms with van der Waals surface area (Å²) >= 11 is 0. The fourth-order valence-electron chi connectivity index (χ4n) is 1.46. The molecule has 0 spiro atoms. The summed E-state index contributed by atoms with van der Waals surface area (Å²) in [4.78, 5) is 20.1. The van der Waals surface area contributed by atoms with Crippen molar-refractivity contribution in [2.45, 2.75) is 20.3 Å². The average Bonchev–Trinajstić information content (AvgIpc) is 2.38. The minimum atomic E-state index is -0.695. The second kappa shape index (κ2) is 6.98. The number of hydrazone groups is 1. The molecule has 0 radical (unpaired) electrons. The largest absolute Gasteiger partial charge is 0.301 e. The van der Waals surface area contributed by atoms with Gasteiger partial charge >= 0.3 is 5.69 Å². The van der Waals surface area contributed by atoms with Crippen LogP contribution in [-0.2, 0) is 0 Å². The van der Waals surface area contributed by atoms with Gasteiger partial charge in [0.1, 0.15) is 5.69 Å². The van der Waals surface area contributed by atoms with Gasteiger partial charge in [-0.25, -0.2) is 0 Å². The van der Waals surface area contributed by atoms with E-state index in [0.29, 0.717) is 0 Å². The molecular weight excluding hydrogens is 264 g/mol. The predicted octanol–water partition coefficient (Wildman–Crippen LogP) is 3.26. The van der Waals surface area contributed by atoms with Crippen molar-refractivity contribution in [3.8, 4) is 0 Å². The van der Waals surface area contributed by atoms with Crippen LogP contribution in [0.4, 0.5) is 17.1 Å². The summed E-state index contributed by atoms with van der Waals surface area (Å²) < 4.78 is 0. The summed E-state index contributed by atoms with van der Waals surface area (Å²) in [5.74, 6) is 0. The third kappa shape index (κ3) is 4.16. The quantitative estimate of drug-likeness (QED) is 0.487. The minimum absolute atomic E-state index is 0.0983. The Balaban J connectivity index is 2.98. The smallest absolute Gasteiger partial charge is 0.272 e. The van der Waals surface area contributed by atoms with Crippen LogP contribution in [0.3, 0.4) is 0 Å². The lowest BCUT2D eigenvalue weighted by Crippen LogP contribution is -1.98. The first kappa shape index (κ1) is 15.3. The third-order valence-corrected chi connectivity index (χ3v) is 2.37. The molecule has 20 heavy (non-hydrogen) atoms. The lowest BCUT2D eigenvalue weighted by molar-refractivity contribution is -0.393. The second-order valence-electron chi connectivity index (χ2n) is 3.94. The summed E-state index contributed by atoms with van der Waals surface area (Å²) in [7, 11) is 0. The maximum atomic E-state index is 10.9. The van der Waals surface area contributed by atoms with Gasteiger partial charge in [-0.15, -0.1) is 0 Å². The number of benzene rings is 1. The fourth-order valence-corrected chi connectivity index (χ4v) is 1.46. The van der Waals surface area contributed by atoms with Gasteiger partial charge in [0.05, 0.1) is 15.9 Å². The first-order chi connectivity index (χ1) is 9.45. The van der Waals surface area contributed by atoms with E-state index in [0.717, 1.165) is 18.1 Å². The molecule has 1 aromatic rings. The van der Waals surface area contributed by atoms with Crippen LogP contribution in [0, 0.1) is 20.2 Å². The highest BCUT2D eigenvalue weighted by Crippen LogP contribution is 2.28. The van der Waals surface area contributed by atoms with Crippen molar-refractivity contribution < 1.29 is 9.85 Å². The molecule has 8 heteroatoms. The molecule has 0 amide bonds. The predicted molar refractivity (Wildman–Crippen MR) is 75.9 cm³/mol. The molecule has 0 heterocycles. The van der Waals surface area contributed by atoms with E-state index in [2.05, 4.69) is 10.5 Å². The molecule has 0 atom stereocenters. The zero-order chi connectivity index (χ0) is 15.1. The Morgan fingerprint density at radius 1 is 1.35 bits per heavy atom. The Kier molecular flexibility index (Phi) is 5.33. The van der Waals surface area contributed by atoms with E-state index in [-0.39, 0.29) is 11.4 Å². The van der Waals surface area contributed by atoms with Crippen LogP contribution < -0.4 is 5.43 Å². The third-order valence-electron chi connectivity index (χ3n) is 2.37. The fraction of sp³-hybridized carbons (Fsp3) is 0.250. The highest BCUT2D eigenvalue weighted by Gasteiger charge is 2.18. The molecule has 0 aliphatic rings. The molecule has 0 saturated heterocycles. The summed E-state index contributed by atoms with van der Waals surface area (Å²) in [5.41, 5.74) is 2.79. The van der Waals surface area contributed by atoms with Gasteiger partial charge in [-0.3, -0.25) is 25.7 Å². The van der Waals surface area contributed by atoms with Gasteiger partial charge in [0.15, 0.2) is 0 Å². The van der Waals surface area contributed by atoms with Crippen molar-refractivity contribution in [1.29, 1.82) is 0 Å². The van der Waals surface area contributed by atoms with Crippen LogP contribution >= 0.6 is 0 Å². The molecular formula is C12H14N4O4. The molecule has 1 aromatic carbocycles. The zero-order valence-corrected chi connectivity index (χ0v) is 11.1. The molecule has 106 valence electrons. The Bertz CT molecular complexity index is 581. The molecule has 0 saturated carbocycles. The number of nitrogens with zero attached hydrogens (tertiary/aromatic N) is 3. The van der Waals surface area contributed by atoms with Crippen LogP contribution in [0.15, 0.2) is 34.9 Å². The minimum Gasteiger partial charge on any atom is -0.272 e. The van der Waals surface area contributed by atoms with Crippen LogP contribution in [-0.4, -0.2) is 16.1 Å². The molecule has 0 aliphatic carbocycles. The van der Waals surface area contributed by atoms with Crippen molar-refractivity contribution >= 4 is 23.3 Å². The average molecular weight is 278 g/mol. The Morgan fingerprint density at radius 3 is 2.60 bits per heavy atom. The molecule has 0 aromatic heterocycles. The van der Waals surface area contributed by atoms with Gasteiger partial charge in [0.2, 0.25) is 0 Å². The Labute approximate surface area is 115 Å². The maximum Gasteiger partial charge on any atom is 0.301 e. The first-order valence-corrected chi connectivity index (χ1v) is 5.84. The number of hydrogen-bond acceptors (Lipinski definition) is 6. The van der Waals surface area contributed by atoms with Crippen molar-refractivity contribution in [2.24, 2.45) is 5.10 Å². The van der Waals surface area contributed by atoms with Crippen LogP contribution in [0.25, 0.3) is 0 Å². The molecule has 0 fully saturated rings. The standard InChI is InChI=1S/C12H14N4O4/c1-3-4-9(2)8-13-14-11-6-5-10(15(17)18)7-12(11)16(19)20/h4-8,14H,3H2,1-2H3. The topological polar surface area (TPSA) is 111 Å². The molecule has 0 unspecified atom stereocenters. The maximum absolute atomic E-state index is 10.9. The van der Waals surface area contributed by atoms with E-state index in [1.807, 2.05) is 19.9 Å². The lowest BCUT2D eigenvalue weighted by atomic mass is 10.2. The SMILES string of the molecule is CCC=C(C)C=NNc1ccc([N+](=O)[O-])cc1[N+](=O)[O-]. The molecule has 1 N–H and O–H groups in total. The molecule has 1 rings (SSSR count). The van der Waals surface area contributed by atoms with Crippen molar-refractivity contribution in [3.63, 3.8) is 0 Å². The summed E-state index contributed by atoms with van der Waals surface area (Å²) in [6.07, 6.45) is 4.32. The number of rotatable bonds is 6. The van der Waals surface area contributed by atoms with Gasteiger partial charge < -0.3 is 0 Å². The molecule has 0 bridgehead atoms. The zero-order valence-electron chi connectivity index (χ0n) is 11.1. The van der Waals surface area contributed by atoms with Crippen molar-refractivity contribution in [2.75, 3.05) is 5.43 Å². The highest BCUT2D eigenvalue weighted by molar-refractivity contribution is 5.78. The lowest BCUT2D eigenvalue weighted by Gasteiger charge is -2.01. The Morgan fingerprint density at radius 2 is 2.05 bits per heavy atom. The van der Waals surface area contributed by atoms with Gasteiger partial charge in [-0.1, -0.05) is 13.0 Å². The summed E-state index contributed by atoms with van der Waals surface area (Å²) in [5, 5.41) is 25.3. The van der Waals surface area contributed by atoms with Crippen molar-refractivity contribution in [1.82, 2.24) is 0 Å². The summed E-state index contributed by atoms with van der Waals surface area (Å²) in [6, 6.07) is 3.33. The van der Waals surface area contributed by atoms with Crippen LogP contribution in [0.2, 0.25) is 0 Å². The van der Waals surface area contributed by atoms with E-state index in [4.69, 9.17) is 0 Å². The number of hydrogen-bond donors (Lipinski definition) is 1. The number of nitro benzene ring substituents is 2.